The second-order valence-corrected chi connectivity index (χ2v) is 6.93. The van der Waals surface area contributed by atoms with Gasteiger partial charge in [-0.25, -0.2) is 0 Å². The molecular formula is C17H36N2O. The van der Waals surface area contributed by atoms with Gasteiger partial charge in [-0.1, -0.05) is 27.7 Å². The predicted octanol–water partition coefficient (Wildman–Crippen LogP) is 3.15. The Hall–Kier alpha value is -0.120. The second kappa shape index (κ2) is 9.01. The summed E-state index contributed by atoms with van der Waals surface area (Å²) < 4.78 is 5.29. The van der Waals surface area contributed by atoms with E-state index in [1.54, 1.807) is 0 Å². The molecule has 3 heteroatoms. The third-order valence-electron chi connectivity index (χ3n) is 4.74. The zero-order valence-electron chi connectivity index (χ0n) is 14.4. The summed E-state index contributed by atoms with van der Waals surface area (Å²) in [7, 11) is 1.81. The van der Waals surface area contributed by atoms with Crippen LogP contribution in [-0.2, 0) is 4.74 Å². The van der Waals surface area contributed by atoms with Crippen LogP contribution in [0.2, 0.25) is 0 Å². The quantitative estimate of drug-likeness (QED) is 0.596. The van der Waals surface area contributed by atoms with Crippen LogP contribution >= 0.6 is 0 Å². The van der Waals surface area contributed by atoms with Crippen LogP contribution in [0.3, 0.4) is 0 Å². The summed E-state index contributed by atoms with van der Waals surface area (Å²) in [6.07, 6.45) is 5.27. The summed E-state index contributed by atoms with van der Waals surface area (Å²) >= 11 is 0. The van der Waals surface area contributed by atoms with E-state index in [9.17, 15) is 0 Å². The molecule has 1 rings (SSSR count). The molecule has 1 N–H and O–H groups in total. The van der Waals surface area contributed by atoms with Crippen molar-refractivity contribution in [3.63, 3.8) is 0 Å². The summed E-state index contributed by atoms with van der Waals surface area (Å²) in [5, 5.41) is 3.69. The van der Waals surface area contributed by atoms with E-state index in [2.05, 4.69) is 37.9 Å². The van der Waals surface area contributed by atoms with E-state index in [1.807, 2.05) is 7.11 Å². The number of ether oxygens (including phenoxy) is 1. The normalized spacial score (nSPS) is 16.4. The predicted molar refractivity (Wildman–Crippen MR) is 87.2 cm³/mol. The van der Waals surface area contributed by atoms with E-state index in [4.69, 9.17) is 4.74 Å². The zero-order valence-corrected chi connectivity index (χ0v) is 14.4. The number of nitrogens with zero attached hydrogens (tertiary/aromatic N) is 1. The van der Waals surface area contributed by atoms with E-state index < -0.39 is 0 Å². The summed E-state index contributed by atoms with van der Waals surface area (Å²) in [5.41, 5.74) is 0.422. The molecule has 120 valence electrons. The highest BCUT2D eigenvalue weighted by molar-refractivity contribution is 4.90. The fourth-order valence-electron chi connectivity index (χ4n) is 2.88. The fraction of sp³-hybridized carbons (Fsp3) is 1.00. The Bertz CT molecular complexity index is 247. The Balaban J connectivity index is 2.52. The molecule has 20 heavy (non-hydrogen) atoms. The Morgan fingerprint density at radius 1 is 1.25 bits per heavy atom. The Labute approximate surface area is 126 Å². The minimum absolute atomic E-state index is 0.422. The first kappa shape index (κ1) is 17.9. The molecule has 1 fully saturated rings. The maximum absolute atomic E-state index is 5.29. The van der Waals surface area contributed by atoms with Crippen molar-refractivity contribution in [3.8, 4) is 0 Å². The van der Waals surface area contributed by atoms with Gasteiger partial charge in [0, 0.05) is 32.8 Å². The molecule has 0 radical (unpaired) electrons. The van der Waals surface area contributed by atoms with Gasteiger partial charge in [0.2, 0.25) is 0 Å². The van der Waals surface area contributed by atoms with Crippen LogP contribution in [0.4, 0.5) is 0 Å². The van der Waals surface area contributed by atoms with E-state index in [0.717, 1.165) is 38.2 Å². The molecule has 0 bridgehead atoms. The van der Waals surface area contributed by atoms with Gasteiger partial charge in [-0.2, -0.15) is 0 Å². The third kappa shape index (κ3) is 6.11. The van der Waals surface area contributed by atoms with Crippen molar-refractivity contribution >= 4 is 0 Å². The first-order valence-electron chi connectivity index (χ1n) is 8.50. The first-order valence-corrected chi connectivity index (χ1v) is 8.50. The number of rotatable bonds is 12. The maximum Gasteiger partial charge on any atom is 0.0589 e. The molecule has 0 unspecified atom stereocenters. The highest BCUT2D eigenvalue weighted by Crippen LogP contribution is 2.33. The van der Waals surface area contributed by atoms with Crippen molar-refractivity contribution in [3.05, 3.63) is 0 Å². The lowest BCUT2D eigenvalue weighted by molar-refractivity contribution is 0.0922. The largest absolute Gasteiger partial charge is 0.383 e. The third-order valence-corrected chi connectivity index (χ3v) is 4.74. The molecule has 0 aromatic heterocycles. The van der Waals surface area contributed by atoms with Gasteiger partial charge in [0.15, 0.2) is 0 Å². The highest BCUT2D eigenvalue weighted by Gasteiger charge is 2.35. The van der Waals surface area contributed by atoms with Gasteiger partial charge < -0.3 is 10.1 Å². The van der Waals surface area contributed by atoms with Crippen LogP contribution in [0, 0.1) is 11.3 Å². The second-order valence-electron chi connectivity index (χ2n) is 6.93. The number of methoxy groups -OCH3 is 1. The molecule has 0 spiro atoms. The monoisotopic (exact) mass is 284 g/mol. The van der Waals surface area contributed by atoms with E-state index in [0.29, 0.717) is 5.41 Å². The van der Waals surface area contributed by atoms with Gasteiger partial charge in [-0.05, 0) is 43.6 Å². The van der Waals surface area contributed by atoms with Crippen LogP contribution in [0.1, 0.15) is 53.4 Å². The van der Waals surface area contributed by atoms with Crippen LogP contribution in [0.15, 0.2) is 0 Å². The smallest absolute Gasteiger partial charge is 0.0589 e. The van der Waals surface area contributed by atoms with Crippen molar-refractivity contribution in [2.75, 3.05) is 39.9 Å². The standard InChI is InChI=1S/C17H36N2O/c1-6-17(7-2,13-18-12-15(3)4)14-19(10-11-20-5)16-8-9-16/h15-16,18H,6-14H2,1-5H3. The van der Waals surface area contributed by atoms with Gasteiger partial charge in [-0.15, -0.1) is 0 Å². The summed E-state index contributed by atoms with van der Waals surface area (Å²) in [6.45, 7) is 14.7. The lowest BCUT2D eigenvalue weighted by Gasteiger charge is -2.38. The van der Waals surface area contributed by atoms with Crippen LogP contribution in [0.5, 0.6) is 0 Å². The molecule has 3 nitrogen and oxygen atoms in total. The summed E-state index contributed by atoms with van der Waals surface area (Å²) in [6, 6.07) is 0.827. The topological polar surface area (TPSA) is 24.5 Å². The lowest BCUT2D eigenvalue weighted by atomic mass is 9.81. The molecular weight excluding hydrogens is 248 g/mol. The molecule has 0 aliphatic heterocycles. The number of nitrogens with one attached hydrogen (secondary N) is 1. The molecule has 0 aromatic carbocycles. The van der Waals surface area contributed by atoms with Gasteiger partial charge in [-0.3, -0.25) is 4.90 Å². The van der Waals surface area contributed by atoms with Crippen molar-refractivity contribution in [2.45, 2.75) is 59.4 Å². The van der Waals surface area contributed by atoms with Crippen molar-refractivity contribution < 1.29 is 4.74 Å². The maximum atomic E-state index is 5.29. The Morgan fingerprint density at radius 2 is 1.90 bits per heavy atom. The van der Waals surface area contributed by atoms with E-state index in [-0.39, 0.29) is 0 Å². The van der Waals surface area contributed by atoms with Gasteiger partial charge in [0.25, 0.3) is 0 Å². The highest BCUT2D eigenvalue weighted by atomic mass is 16.5. The molecule has 1 saturated carbocycles. The van der Waals surface area contributed by atoms with Crippen LogP contribution in [0.25, 0.3) is 0 Å². The van der Waals surface area contributed by atoms with Gasteiger partial charge in [0.05, 0.1) is 6.61 Å². The van der Waals surface area contributed by atoms with Crippen LogP contribution in [-0.4, -0.2) is 50.8 Å². The molecule has 0 saturated heterocycles. The minimum Gasteiger partial charge on any atom is -0.383 e. The Kier molecular flexibility index (Phi) is 8.08. The van der Waals surface area contributed by atoms with E-state index in [1.165, 1.54) is 32.2 Å². The van der Waals surface area contributed by atoms with Crippen molar-refractivity contribution in [1.82, 2.24) is 10.2 Å². The van der Waals surface area contributed by atoms with Gasteiger partial charge in [0.1, 0.15) is 0 Å². The van der Waals surface area contributed by atoms with Crippen LogP contribution < -0.4 is 5.32 Å². The average Bonchev–Trinajstić information content (AvgIpc) is 3.26. The van der Waals surface area contributed by atoms with Crippen molar-refractivity contribution in [2.24, 2.45) is 11.3 Å². The number of hydrogen-bond acceptors (Lipinski definition) is 3. The lowest BCUT2D eigenvalue weighted by Crippen LogP contribution is -2.46. The molecule has 1 aliphatic carbocycles. The molecule has 0 heterocycles. The summed E-state index contributed by atoms with van der Waals surface area (Å²) in [4.78, 5) is 2.67. The number of hydrogen-bond donors (Lipinski definition) is 1. The molecule has 1 aliphatic rings. The summed E-state index contributed by atoms with van der Waals surface area (Å²) in [5.74, 6) is 0.731. The fourth-order valence-corrected chi connectivity index (χ4v) is 2.88. The van der Waals surface area contributed by atoms with Gasteiger partial charge >= 0.3 is 0 Å². The first-order chi connectivity index (χ1) is 9.56. The van der Waals surface area contributed by atoms with Crippen molar-refractivity contribution in [1.29, 1.82) is 0 Å². The SMILES string of the molecule is CCC(CC)(CNCC(C)C)CN(CCOC)C1CC1. The van der Waals surface area contributed by atoms with E-state index >= 15 is 0 Å². The minimum atomic E-state index is 0.422. The molecule has 0 amide bonds. The molecule has 0 atom stereocenters. The zero-order chi connectivity index (χ0) is 15.0. The average molecular weight is 284 g/mol. The molecule has 0 aromatic rings. The Morgan fingerprint density at radius 3 is 2.35 bits per heavy atom.